The number of halogens is 1. The third kappa shape index (κ3) is 2.89. The van der Waals surface area contributed by atoms with Gasteiger partial charge in [0.2, 0.25) is 5.91 Å². The van der Waals surface area contributed by atoms with E-state index in [-0.39, 0.29) is 11.8 Å². The van der Waals surface area contributed by atoms with Crippen molar-refractivity contribution in [1.29, 1.82) is 0 Å². The summed E-state index contributed by atoms with van der Waals surface area (Å²) >= 11 is 7.24. The molecule has 1 unspecified atom stereocenters. The Balaban J connectivity index is 1.94. The van der Waals surface area contributed by atoms with Gasteiger partial charge >= 0.3 is 0 Å². The van der Waals surface area contributed by atoms with Crippen LogP contribution in [-0.4, -0.2) is 23.1 Å². The van der Waals surface area contributed by atoms with Gasteiger partial charge < -0.3 is 10.2 Å². The first-order valence-electron chi connectivity index (χ1n) is 7.62. The van der Waals surface area contributed by atoms with Crippen LogP contribution in [0.15, 0.2) is 53.4 Å². The van der Waals surface area contributed by atoms with E-state index in [1.165, 1.54) is 11.8 Å². The molecule has 1 aliphatic heterocycles. The molecular weight excluding hydrogens is 344 g/mol. The second kappa shape index (κ2) is 6.49. The Labute approximate surface area is 150 Å². The number of nitrogens with zero attached hydrogens (tertiary/aromatic N) is 1. The largest absolute Gasteiger partial charge is 0.324 e. The average molecular weight is 361 g/mol. The molecule has 124 valence electrons. The lowest BCUT2D eigenvalue weighted by atomic mass is 10.1. The fourth-order valence-electron chi connectivity index (χ4n) is 2.67. The van der Waals surface area contributed by atoms with Crippen LogP contribution in [-0.2, 0) is 9.59 Å². The monoisotopic (exact) mass is 360 g/mol. The zero-order chi connectivity index (χ0) is 17.3. The van der Waals surface area contributed by atoms with Crippen LogP contribution >= 0.6 is 23.4 Å². The molecule has 1 atom stereocenters. The lowest BCUT2D eigenvalue weighted by Gasteiger charge is -2.38. The lowest BCUT2D eigenvalue weighted by molar-refractivity contribution is -0.128. The average Bonchev–Trinajstić information content (AvgIpc) is 2.56. The van der Waals surface area contributed by atoms with Crippen LogP contribution in [0.1, 0.15) is 13.8 Å². The van der Waals surface area contributed by atoms with E-state index in [2.05, 4.69) is 5.32 Å². The molecule has 0 spiro atoms. The highest BCUT2D eigenvalue weighted by molar-refractivity contribution is 8.02. The summed E-state index contributed by atoms with van der Waals surface area (Å²) in [5, 5.41) is 3.34. The number of anilines is 2. The zero-order valence-corrected chi connectivity index (χ0v) is 14.9. The first-order valence-corrected chi connectivity index (χ1v) is 8.82. The molecule has 0 bridgehead atoms. The van der Waals surface area contributed by atoms with E-state index < -0.39 is 4.75 Å². The van der Waals surface area contributed by atoms with Gasteiger partial charge in [-0.1, -0.05) is 41.6 Å². The normalized spacial score (nSPS) is 19.8. The van der Waals surface area contributed by atoms with Crippen molar-refractivity contribution >= 4 is 46.6 Å². The molecule has 2 amide bonds. The summed E-state index contributed by atoms with van der Waals surface area (Å²) in [6.45, 7) is 4.08. The third-order valence-electron chi connectivity index (χ3n) is 3.96. The maximum Gasteiger partial charge on any atom is 0.252 e. The highest BCUT2D eigenvalue weighted by Gasteiger charge is 2.48. The molecule has 2 aromatic carbocycles. The number of carbonyl (C=O) groups is 2. The van der Waals surface area contributed by atoms with E-state index in [0.717, 1.165) is 10.6 Å². The number of amides is 2. The molecule has 0 saturated heterocycles. The molecule has 6 heteroatoms. The van der Waals surface area contributed by atoms with Crippen LogP contribution in [0.3, 0.4) is 0 Å². The molecule has 24 heavy (non-hydrogen) atoms. The third-order valence-corrected chi connectivity index (χ3v) is 5.52. The summed E-state index contributed by atoms with van der Waals surface area (Å²) in [5.74, 6) is -0.569. The molecule has 0 radical (unpaired) electrons. The van der Waals surface area contributed by atoms with Crippen molar-refractivity contribution in [3.05, 3.63) is 53.6 Å². The van der Waals surface area contributed by atoms with Crippen LogP contribution in [0.25, 0.3) is 0 Å². The number of hydrogen-bond acceptors (Lipinski definition) is 3. The number of benzene rings is 2. The standard InChI is InChI=1S/C18H17ClN2O2S/c1-3-21-14-9-4-5-10-15(14)24-18(2,17(21)23)16(22)20-13-8-6-7-12(19)11-13/h4-11H,3H2,1-2H3,(H,20,22). The number of carbonyl (C=O) groups excluding carboxylic acids is 2. The second-order valence-electron chi connectivity index (χ2n) is 5.62. The van der Waals surface area contributed by atoms with E-state index in [1.807, 2.05) is 31.2 Å². The van der Waals surface area contributed by atoms with Crippen molar-refractivity contribution in [2.75, 3.05) is 16.8 Å². The maximum absolute atomic E-state index is 13.0. The zero-order valence-electron chi connectivity index (χ0n) is 13.4. The summed E-state index contributed by atoms with van der Waals surface area (Å²) in [6.07, 6.45) is 0. The quantitative estimate of drug-likeness (QED) is 0.835. The van der Waals surface area contributed by atoms with Crippen LogP contribution in [0.2, 0.25) is 5.02 Å². The Morgan fingerprint density at radius 1 is 1.25 bits per heavy atom. The van der Waals surface area contributed by atoms with Gasteiger partial charge in [-0.05, 0) is 44.2 Å². The van der Waals surface area contributed by atoms with Crippen molar-refractivity contribution in [1.82, 2.24) is 0 Å². The number of nitrogens with one attached hydrogen (secondary N) is 1. The van der Waals surface area contributed by atoms with Gasteiger partial charge in [0.05, 0.1) is 5.69 Å². The predicted octanol–water partition coefficient (Wildman–Crippen LogP) is 4.20. The molecule has 0 fully saturated rings. The molecule has 0 aromatic heterocycles. The van der Waals surface area contributed by atoms with E-state index in [4.69, 9.17) is 11.6 Å². The summed E-state index contributed by atoms with van der Waals surface area (Å²) in [5.41, 5.74) is 1.42. The van der Waals surface area contributed by atoms with Gasteiger partial charge in [0, 0.05) is 22.2 Å². The number of hydrogen-bond donors (Lipinski definition) is 1. The fourth-order valence-corrected chi connectivity index (χ4v) is 4.07. The molecule has 1 heterocycles. The van der Waals surface area contributed by atoms with E-state index in [0.29, 0.717) is 17.3 Å². The summed E-state index contributed by atoms with van der Waals surface area (Å²) in [4.78, 5) is 28.4. The Hall–Kier alpha value is -1.98. The van der Waals surface area contributed by atoms with Gasteiger partial charge in [-0.15, -0.1) is 0 Å². The first kappa shape index (κ1) is 16.9. The minimum Gasteiger partial charge on any atom is -0.324 e. The molecule has 3 rings (SSSR count). The van der Waals surface area contributed by atoms with Crippen molar-refractivity contribution < 1.29 is 9.59 Å². The van der Waals surface area contributed by atoms with E-state index >= 15 is 0 Å². The van der Waals surface area contributed by atoms with Gasteiger partial charge in [-0.3, -0.25) is 9.59 Å². The van der Waals surface area contributed by atoms with Gasteiger partial charge in [0.15, 0.2) is 4.75 Å². The Kier molecular flexibility index (Phi) is 4.56. The fraction of sp³-hybridized carbons (Fsp3) is 0.222. The molecule has 1 N–H and O–H groups in total. The first-order chi connectivity index (χ1) is 11.5. The van der Waals surface area contributed by atoms with Crippen molar-refractivity contribution in [2.24, 2.45) is 0 Å². The SMILES string of the molecule is CCN1C(=O)C(C)(C(=O)Nc2cccc(Cl)c2)Sc2ccccc21. The number of para-hydroxylation sites is 1. The molecular formula is C18H17ClN2O2S. The Bertz CT molecular complexity index is 811. The smallest absolute Gasteiger partial charge is 0.252 e. The summed E-state index contributed by atoms with van der Waals surface area (Å²) < 4.78 is -1.23. The number of rotatable bonds is 3. The Morgan fingerprint density at radius 2 is 2.00 bits per heavy atom. The minimum atomic E-state index is -1.23. The van der Waals surface area contributed by atoms with Crippen LogP contribution in [0.5, 0.6) is 0 Å². The van der Waals surface area contributed by atoms with Gasteiger partial charge in [0.25, 0.3) is 5.91 Å². The van der Waals surface area contributed by atoms with Crippen LogP contribution in [0.4, 0.5) is 11.4 Å². The minimum absolute atomic E-state index is 0.215. The van der Waals surface area contributed by atoms with Gasteiger partial charge in [-0.2, -0.15) is 0 Å². The van der Waals surface area contributed by atoms with Gasteiger partial charge in [0.1, 0.15) is 0 Å². The van der Waals surface area contributed by atoms with Crippen LogP contribution < -0.4 is 10.2 Å². The molecule has 2 aromatic rings. The van der Waals surface area contributed by atoms with Crippen molar-refractivity contribution in [3.8, 4) is 0 Å². The topological polar surface area (TPSA) is 49.4 Å². The molecule has 1 aliphatic rings. The number of thioether (sulfide) groups is 1. The van der Waals surface area contributed by atoms with Crippen molar-refractivity contribution in [3.63, 3.8) is 0 Å². The predicted molar refractivity (Wildman–Crippen MR) is 98.8 cm³/mol. The Morgan fingerprint density at radius 3 is 2.71 bits per heavy atom. The van der Waals surface area contributed by atoms with Gasteiger partial charge in [-0.25, -0.2) is 0 Å². The second-order valence-corrected chi connectivity index (χ2v) is 7.51. The van der Waals surface area contributed by atoms with E-state index in [9.17, 15) is 9.59 Å². The molecule has 4 nitrogen and oxygen atoms in total. The maximum atomic E-state index is 13.0. The van der Waals surface area contributed by atoms with Crippen LogP contribution in [0, 0.1) is 0 Å². The van der Waals surface area contributed by atoms with Crippen molar-refractivity contribution in [2.45, 2.75) is 23.5 Å². The summed E-state index contributed by atoms with van der Waals surface area (Å²) in [7, 11) is 0. The number of fused-ring (bicyclic) bond motifs is 1. The molecule has 0 saturated carbocycles. The lowest BCUT2D eigenvalue weighted by Crippen LogP contribution is -2.54. The molecule has 0 aliphatic carbocycles. The highest BCUT2D eigenvalue weighted by Crippen LogP contribution is 2.45. The summed E-state index contributed by atoms with van der Waals surface area (Å²) in [6, 6.07) is 14.5. The highest BCUT2D eigenvalue weighted by atomic mass is 35.5. The van der Waals surface area contributed by atoms with E-state index in [1.54, 1.807) is 36.1 Å².